The molecule has 1 unspecified atom stereocenters. The summed E-state index contributed by atoms with van der Waals surface area (Å²) in [5.74, 6) is -0.381. The maximum absolute atomic E-state index is 13.5. The number of aromatic hydroxyl groups is 1. The van der Waals surface area contributed by atoms with Crippen LogP contribution in [0.2, 0.25) is 0 Å². The fourth-order valence-corrected chi connectivity index (χ4v) is 1.59. The lowest BCUT2D eigenvalue weighted by Crippen LogP contribution is -2.06. The van der Waals surface area contributed by atoms with Crippen LogP contribution in [-0.4, -0.2) is 18.8 Å². The minimum atomic E-state index is -0.422. The van der Waals surface area contributed by atoms with Gasteiger partial charge in [-0.15, -0.1) is 0 Å². The molecule has 3 nitrogen and oxygen atoms in total. The number of phenolic OH excluding ortho intramolecular Hbond substituents is 1. The van der Waals surface area contributed by atoms with Gasteiger partial charge in [0.15, 0.2) is 11.5 Å². The third kappa shape index (κ3) is 2.39. The fraction of sp³-hybridized carbons (Fsp3) is 0.455. The largest absolute Gasteiger partial charge is 0.504 e. The molecule has 0 amide bonds. The summed E-state index contributed by atoms with van der Waals surface area (Å²) in [6.07, 6.45) is 0.623. The summed E-state index contributed by atoms with van der Waals surface area (Å²) in [7, 11) is 1.43. The molecule has 0 aliphatic rings. The molecule has 0 aromatic heterocycles. The van der Waals surface area contributed by atoms with Crippen LogP contribution in [0.1, 0.15) is 24.8 Å². The highest BCUT2D eigenvalue weighted by Gasteiger charge is 2.18. The number of nitrogens with two attached hydrogens (primary N) is 1. The van der Waals surface area contributed by atoms with Gasteiger partial charge in [0.2, 0.25) is 0 Å². The second kappa shape index (κ2) is 4.98. The van der Waals surface area contributed by atoms with E-state index < -0.39 is 5.82 Å². The summed E-state index contributed by atoms with van der Waals surface area (Å²) in [6, 6.07) is 2.70. The molecular weight excluding hydrogens is 197 g/mol. The zero-order valence-corrected chi connectivity index (χ0v) is 8.96. The summed E-state index contributed by atoms with van der Waals surface area (Å²) in [6.45, 7) is 2.28. The lowest BCUT2D eigenvalue weighted by molar-refractivity contribution is 0.364. The van der Waals surface area contributed by atoms with E-state index in [9.17, 15) is 9.50 Å². The van der Waals surface area contributed by atoms with Crippen molar-refractivity contribution in [2.24, 2.45) is 5.73 Å². The number of hydrogen-bond acceptors (Lipinski definition) is 3. The van der Waals surface area contributed by atoms with Crippen molar-refractivity contribution in [3.05, 3.63) is 23.5 Å². The lowest BCUT2D eigenvalue weighted by Gasteiger charge is -2.15. The number of phenols is 1. The minimum absolute atomic E-state index is 0.120. The Morgan fingerprint density at radius 3 is 2.73 bits per heavy atom. The molecule has 0 bridgehead atoms. The fourth-order valence-electron chi connectivity index (χ4n) is 1.59. The number of halogens is 1. The van der Waals surface area contributed by atoms with Gasteiger partial charge in [0.25, 0.3) is 0 Å². The molecule has 1 aromatic rings. The minimum Gasteiger partial charge on any atom is -0.504 e. The molecule has 0 spiro atoms. The lowest BCUT2D eigenvalue weighted by atomic mass is 9.96. The standard InChI is InChI=1S/C11H16FNO2/c1-7(5-6-13)10-8(12)3-4-9(15-2)11(10)14/h3-4,7,14H,5-6,13H2,1-2H3. The molecule has 4 heteroatoms. The van der Waals surface area contributed by atoms with Crippen LogP contribution in [0.5, 0.6) is 11.5 Å². The summed E-state index contributed by atoms with van der Waals surface area (Å²) < 4.78 is 18.4. The first-order chi connectivity index (χ1) is 7.11. The second-order valence-electron chi connectivity index (χ2n) is 3.49. The molecule has 0 saturated carbocycles. The Balaban J connectivity index is 3.14. The summed E-state index contributed by atoms with van der Waals surface area (Å²) >= 11 is 0. The summed E-state index contributed by atoms with van der Waals surface area (Å²) in [5, 5.41) is 9.76. The molecule has 15 heavy (non-hydrogen) atoms. The third-order valence-electron chi connectivity index (χ3n) is 2.44. The highest BCUT2D eigenvalue weighted by atomic mass is 19.1. The first-order valence-corrected chi connectivity index (χ1v) is 4.87. The summed E-state index contributed by atoms with van der Waals surface area (Å²) in [4.78, 5) is 0. The molecule has 0 saturated heterocycles. The quantitative estimate of drug-likeness (QED) is 0.804. The van der Waals surface area contributed by atoms with E-state index in [0.29, 0.717) is 13.0 Å². The van der Waals surface area contributed by atoms with Crippen LogP contribution in [0, 0.1) is 5.82 Å². The molecule has 1 rings (SSSR count). The van der Waals surface area contributed by atoms with E-state index in [-0.39, 0.29) is 23.0 Å². The zero-order chi connectivity index (χ0) is 11.4. The smallest absolute Gasteiger partial charge is 0.164 e. The van der Waals surface area contributed by atoms with Gasteiger partial charge in [-0.25, -0.2) is 4.39 Å². The van der Waals surface area contributed by atoms with E-state index >= 15 is 0 Å². The van der Waals surface area contributed by atoms with Crippen molar-refractivity contribution in [2.75, 3.05) is 13.7 Å². The Labute approximate surface area is 88.7 Å². The normalized spacial score (nSPS) is 12.5. The van der Waals surface area contributed by atoms with Gasteiger partial charge in [0.1, 0.15) is 5.82 Å². The topological polar surface area (TPSA) is 55.5 Å². The Bertz CT molecular complexity index is 342. The van der Waals surface area contributed by atoms with Gasteiger partial charge < -0.3 is 15.6 Å². The summed E-state index contributed by atoms with van der Waals surface area (Å²) in [5.41, 5.74) is 5.68. The van der Waals surface area contributed by atoms with Crippen molar-refractivity contribution in [3.8, 4) is 11.5 Å². The van der Waals surface area contributed by atoms with Crippen molar-refractivity contribution >= 4 is 0 Å². The first-order valence-electron chi connectivity index (χ1n) is 4.87. The van der Waals surface area contributed by atoms with Crippen LogP contribution in [0.3, 0.4) is 0 Å². The van der Waals surface area contributed by atoms with Crippen LogP contribution in [0.25, 0.3) is 0 Å². The number of rotatable bonds is 4. The van der Waals surface area contributed by atoms with Gasteiger partial charge in [-0.2, -0.15) is 0 Å². The Morgan fingerprint density at radius 2 is 2.20 bits per heavy atom. The Hall–Kier alpha value is -1.29. The van der Waals surface area contributed by atoms with E-state index in [1.165, 1.54) is 19.2 Å². The molecule has 1 aromatic carbocycles. The van der Waals surface area contributed by atoms with Crippen molar-refractivity contribution < 1.29 is 14.2 Å². The van der Waals surface area contributed by atoms with Crippen LogP contribution >= 0.6 is 0 Å². The van der Waals surface area contributed by atoms with Gasteiger partial charge in [-0.1, -0.05) is 6.92 Å². The van der Waals surface area contributed by atoms with Gasteiger partial charge in [-0.3, -0.25) is 0 Å². The maximum Gasteiger partial charge on any atom is 0.164 e. The highest BCUT2D eigenvalue weighted by Crippen LogP contribution is 2.37. The van der Waals surface area contributed by atoms with Gasteiger partial charge in [-0.05, 0) is 31.0 Å². The number of ether oxygens (including phenoxy) is 1. The SMILES string of the molecule is COc1ccc(F)c(C(C)CCN)c1O. The van der Waals surface area contributed by atoms with E-state index in [0.717, 1.165) is 0 Å². The average molecular weight is 213 g/mol. The molecule has 84 valence electrons. The van der Waals surface area contributed by atoms with E-state index in [2.05, 4.69) is 0 Å². The molecule has 3 N–H and O–H groups in total. The molecule has 0 aliphatic heterocycles. The maximum atomic E-state index is 13.5. The van der Waals surface area contributed by atoms with Crippen LogP contribution in [-0.2, 0) is 0 Å². The van der Waals surface area contributed by atoms with E-state index in [1.807, 2.05) is 6.92 Å². The van der Waals surface area contributed by atoms with Crippen molar-refractivity contribution in [2.45, 2.75) is 19.3 Å². The number of hydrogen-bond donors (Lipinski definition) is 2. The molecule has 0 radical (unpaired) electrons. The van der Waals surface area contributed by atoms with Gasteiger partial charge in [0.05, 0.1) is 7.11 Å². The van der Waals surface area contributed by atoms with E-state index in [1.54, 1.807) is 0 Å². The highest BCUT2D eigenvalue weighted by molar-refractivity contribution is 5.47. The Kier molecular flexibility index (Phi) is 3.91. The second-order valence-corrected chi connectivity index (χ2v) is 3.49. The molecule has 0 fully saturated rings. The van der Waals surface area contributed by atoms with Crippen molar-refractivity contribution in [1.82, 2.24) is 0 Å². The molecule has 1 atom stereocenters. The zero-order valence-electron chi connectivity index (χ0n) is 8.96. The first kappa shape index (κ1) is 11.8. The van der Waals surface area contributed by atoms with Crippen molar-refractivity contribution in [3.63, 3.8) is 0 Å². The van der Waals surface area contributed by atoms with E-state index in [4.69, 9.17) is 10.5 Å². The van der Waals surface area contributed by atoms with Gasteiger partial charge >= 0.3 is 0 Å². The Morgan fingerprint density at radius 1 is 1.53 bits per heavy atom. The van der Waals surface area contributed by atoms with Crippen LogP contribution in [0.4, 0.5) is 4.39 Å². The van der Waals surface area contributed by atoms with Crippen LogP contribution < -0.4 is 10.5 Å². The molecule has 0 aliphatic carbocycles. The third-order valence-corrected chi connectivity index (χ3v) is 2.44. The predicted octanol–water partition coefficient (Wildman–Crippen LogP) is 1.99. The van der Waals surface area contributed by atoms with Crippen molar-refractivity contribution in [1.29, 1.82) is 0 Å². The van der Waals surface area contributed by atoms with Gasteiger partial charge in [0, 0.05) is 5.56 Å². The number of benzene rings is 1. The monoisotopic (exact) mass is 213 g/mol. The predicted molar refractivity (Wildman–Crippen MR) is 56.7 cm³/mol. The molecular formula is C11H16FNO2. The molecule has 0 heterocycles. The average Bonchev–Trinajstić information content (AvgIpc) is 2.18. The van der Waals surface area contributed by atoms with Crippen LogP contribution in [0.15, 0.2) is 12.1 Å². The number of methoxy groups -OCH3 is 1.